The zero-order valence-electron chi connectivity index (χ0n) is 17.4. The second-order valence-electron chi connectivity index (χ2n) is 6.64. The quantitative estimate of drug-likeness (QED) is 0.503. The van der Waals surface area contributed by atoms with E-state index in [4.69, 9.17) is 18.6 Å². The average Bonchev–Trinajstić information content (AvgIpc) is 3.33. The molecule has 0 saturated carbocycles. The Kier molecular flexibility index (Phi) is 7.73. The molecule has 31 heavy (non-hydrogen) atoms. The Bertz CT molecular complexity index is 995. The summed E-state index contributed by atoms with van der Waals surface area (Å²) in [5.74, 6) is 1.60. The van der Waals surface area contributed by atoms with E-state index in [1.54, 1.807) is 49.6 Å². The van der Waals surface area contributed by atoms with Crippen molar-refractivity contribution < 1.29 is 28.5 Å². The van der Waals surface area contributed by atoms with Crippen LogP contribution in [-0.2, 0) is 0 Å². The van der Waals surface area contributed by atoms with Crippen molar-refractivity contribution in [3.63, 3.8) is 0 Å². The minimum Gasteiger partial charge on any atom is -0.493 e. The maximum Gasteiger partial charge on any atom is 0.291 e. The van der Waals surface area contributed by atoms with Gasteiger partial charge in [-0.3, -0.25) is 4.79 Å². The lowest BCUT2D eigenvalue weighted by Gasteiger charge is -2.16. The van der Waals surface area contributed by atoms with Crippen LogP contribution in [0.15, 0.2) is 71.4 Å². The Morgan fingerprint density at radius 3 is 2.55 bits per heavy atom. The maximum atomic E-state index is 12.0. The molecule has 0 aliphatic heterocycles. The van der Waals surface area contributed by atoms with Crippen molar-refractivity contribution in [2.24, 2.45) is 0 Å². The molecule has 7 nitrogen and oxygen atoms in total. The summed E-state index contributed by atoms with van der Waals surface area (Å²) in [6, 6.07) is 15.6. The normalized spacial score (nSPS) is 11.8. The molecule has 0 fully saturated rings. The first-order chi connectivity index (χ1) is 15.1. The summed E-state index contributed by atoms with van der Waals surface area (Å²) in [6.45, 7) is 2.05. The first-order valence-corrected chi connectivity index (χ1v) is 9.78. The van der Waals surface area contributed by atoms with Crippen LogP contribution in [0.25, 0.3) is 6.08 Å². The molecule has 1 heterocycles. The van der Waals surface area contributed by atoms with E-state index in [0.29, 0.717) is 22.9 Å². The van der Waals surface area contributed by atoms with E-state index >= 15 is 0 Å². The number of methoxy groups -OCH3 is 1. The van der Waals surface area contributed by atoms with Gasteiger partial charge in [0.1, 0.15) is 25.1 Å². The van der Waals surface area contributed by atoms with Crippen LogP contribution in [0.2, 0.25) is 0 Å². The smallest absolute Gasteiger partial charge is 0.291 e. The Morgan fingerprint density at radius 1 is 1.10 bits per heavy atom. The first-order valence-electron chi connectivity index (χ1n) is 9.78. The van der Waals surface area contributed by atoms with Gasteiger partial charge in [-0.05, 0) is 61.0 Å². The van der Waals surface area contributed by atoms with Crippen LogP contribution >= 0.6 is 0 Å². The monoisotopic (exact) mass is 423 g/mol. The molecule has 0 spiro atoms. The molecule has 1 amide bonds. The Hall–Kier alpha value is -3.71. The summed E-state index contributed by atoms with van der Waals surface area (Å²) in [7, 11) is 1.57. The van der Waals surface area contributed by atoms with E-state index in [1.807, 2.05) is 31.2 Å². The molecule has 1 aromatic heterocycles. The number of anilines is 1. The highest BCUT2D eigenvalue weighted by molar-refractivity contribution is 6.02. The van der Waals surface area contributed by atoms with E-state index in [0.717, 1.165) is 5.56 Å². The number of hydrogen-bond donors (Lipinski definition) is 2. The van der Waals surface area contributed by atoms with E-state index in [9.17, 15) is 9.90 Å². The number of amides is 1. The van der Waals surface area contributed by atoms with Crippen LogP contribution in [-0.4, -0.2) is 37.4 Å². The Morgan fingerprint density at radius 2 is 1.87 bits per heavy atom. The molecule has 0 unspecified atom stereocenters. The molecule has 7 heteroatoms. The third-order valence-electron chi connectivity index (χ3n) is 4.28. The second-order valence-corrected chi connectivity index (χ2v) is 6.64. The van der Waals surface area contributed by atoms with E-state index in [-0.39, 0.29) is 24.9 Å². The van der Waals surface area contributed by atoms with Gasteiger partial charge in [0.2, 0.25) is 0 Å². The van der Waals surface area contributed by atoms with Crippen molar-refractivity contribution in [2.45, 2.75) is 13.0 Å². The number of benzene rings is 2. The molecule has 3 rings (SSSR count). The summed E-state index contributed by atoms with van der Waals surface area (Å²) < 4.78 is 21.7. The van der Waals surface area contributed by atoms with Gasteiger partial charge >= 0.3 is 0 Å². The van der Waals surface area contributed by atoms with Gasteiger partial charge in [-0.1, -0.05) is 18.2 Å². The molecule has 162 valence electrons. The molecule has 3 aromatic rings. The Labute approximate surface area is 180 Å². The van der Waals surface area contributed by atoms with Gasteiger partial charge in [0.25, 0.3) is 5.91 Å². The molecular weight excluding hydrogens is 398 g/mol. The molecule has 0 aliphatic carbocycles. The highest BCUT2D eigenvalue weighted by Crippen LogP contribution is 2.28. The first kappa shape index (κ1) is 22.0. The molecule has 0 bridgehead atoms. The molecule has 2 aromatic carbocycles. The number of aliphatic hydroxyl groups is 1. The van der Waals surface area contributed by atoms with E-state index < -0.39 is 6.10 Å². The molecule has 0 aliphatic rings. The van der Waals surface area contributed by atoms with Crippen LogP contribution in [0.1, 0.15) is 23.0 Å². The highest BCUT2D eigenvalue weighted by Gasteiger charge is 2.11. The topological polar surface area (TPSA) is 90.2 Å². The summed E-state index contributed by atoms with van der Waals surface area (Å²) in [4.78, 5) is 12.0. The predicted octanol–water partition coefficient (Wildman–Crippen LogP) is 4.39. The van der Waals surface area contributed by atoms with Gasteiger partial charge in [-0.25, -0.2) is 0 Å². The lowest BCUT2D eigenvalue weighted by molar-refractivity contribution is 0.0617. The fraction of sp³-hybridized carbons (Fsp3) is 0.208. The predicted molar refractivity (Wildman–Crippen MR) is 118 cm³/mol. The summed E-state index contributed by atoms with van der Waals surface area (Å²) in [6.07, 6.45) is 4.51. The lowest BCUT2D eigenvalue weighted by atomic mass is 10.2. The molecular formula is C24H25NO6. The van der Waals surface area contributed by atoms with Crippen molar-refractivity contribution in [1.29, 1.82) is 0 Å². The number of hydrogen-bond acceptors (Lipinski definition) is 6. The minimum atomic E-state index is -0.835. The zero-order valence-corrected chi connectivity index (χ0v) is 17.4. The highest BCUT2D eigenvalue weighted by atomic mass is 16.5. The number of allylic oxidation sites excluding steroid dienone is 1. The van der Waals surface area contributed by atoms with Crippen LogP contribution in [0.5, 0.6) is 17.2 Å². The fourth-order valence-electron chi connectivity index (χ4n) is 2.76. The van der Waals surface area contributed by atoms with Crippen LogP contribution < -0.4 is 19.5 Å². The van der Waals surface area contributed by atoms with Crippen molar-refractivity contribution in [1.82, 2.24) is 0 Å². The van der Waals surface area contributed by atoms with Crippen molar-refractivity contribution >= 4 is 17.7 Å². The van der Waals surface area contributed by atoms with Gasteiger partial charge < -0.3 is 29.1 Å². The Balaban J connectivity index is 1.46. The summed E-state index contributed by atoms with van der Waals surface area (Å²) in [5, 5.41) is 12.9. The van der Waals surface area contributed by atoms with Gasteiger partial charge in [0.15, 0.2) is 17.3 Å². The molecule has 2 N–H and O–H groups in total. The molecule has 0 radical (unpaired) electrons. The SMILES string of the molecule is C/C=C/c1ccc(OC[C@@H](O)COc2ccc(NC(=O)c3ccco3)cc2)c(OC)c1. The van der Waals surface area contributed by atoms with Gasteiger partial charge in [0.05, 0.1) is 13.4 Å². The van der Waals surface area contributed by atoms with Gasteiger partial charge in [-0.2, -0.15) is 0 Å². The number of carbonyl (C=O) groups is 1. The maximum absolute atomic E-state index is 12.0. The van der Waals surface area contributed by atoms with E-state index in [2.05, 4.69) is 5.32 Å². The number of ether oxygens (including phenoxy) is 3. The third-order valence-corrected chi connectivity index (χ3v) is 4.28. The van der Waals surface area contributed by atoms with Crippen molar-refractivity contribution in [2.75, 3.05) is 25.6 Å². The lowest BCUT2D eigenvalue weighted by Crippen LogP contribution is -2.25. The van der Waals surface area contributed by atoms with Gasteiger partial charge in [0, 0.05) is 5.69 Å². The van der Waals surface area contributed by atoms with E-state index in [1.165, 1.54) is 6.26 Å². The minimum absolute atomic E-state index is 0.0522. The number of aliphatic hydroxyl groups excluding tert-OH is 1. The number of nitrogens with one attached hydrogen (secondary N) is 1. The van der Waals surface area contributed by atoms with Crippen LogP contribution in [0.4, 0.5) is 5.69 Å². The molecule has 1 atom stereocenters. The second kappa shape index (κ2) is 10.9. The standard InChI is InChI=1S/C24H25NO6/c1-3-5-17-7-12-21(23(14-17)28-2)31-16-19(26)15-30-20-10-8-18(9-11-20)25-24(27)22-6-4-13-29-22/h3-14,19,26H,15-16H2,1-2H3,(H,25,27)/b5-3+/t19-/m0/s1. The number of furan rings is 1. The largest absolute Gasteiger partial charge is 0.493 e. The number of carbonyl (C=O) groups excluding carboxylic acids is 1. The third kappa shape index (κ3) is 6.38. The summed E-state index contributed by atoms with van der Waals surface area (Å²) in [5.41, 5.74) is 1.60. The number of rotatable bonds is 10. The van der Waals surface area contributed by atoms with Crippen LogP contribution in [0, 0.1) is 0 Å². The van der Waals surface area contributed by atoms with Crippen LogP contribution in [0.3, 0.4) is 0 Å². The van der Waals surface area contributed by atoms with Crippen molar-refractivity contribution in [3.05, 3.63) is 78.3 Å². The fourth-order valence-corrected chi connectivity index (χ4v) is 2.76. The van der Waals surface area contributed by atoms with Gasteiger partial charge in [-0.15, -0.1) is 0 Å². The zero-order chi connectivity index (χ0) is 22.1. The molecule has 0 saturated heterocycles. The average molecular weight is 423 g/mol. The van der Waals surface area contributed by atoms with Crippen molar-refractivity contribution in [3.8, 4) is 17.2 Å². The summed E-state index contributed by atoms with van der Waals surface area (Å²) >= 11 is 0.